The van der Waals surface area contributed by atoms with Crippen molar-refractivity contribution in [1.82, 2.24) is 25.2 Å². The van der Waals surface area contributed by atoms with Crippen molar-refractivity contribution in [2.75, 3.05) is 6.54 Å². The second-order valence-corrected chi connectivity index (χ2v) is 3.92. The van der Waals surface area contributed by atoms with Gasteiger partial charge in [-0.1, -0.05) is 0 Å². The first-order valence-corrected chi connectivity index (χ1v) is 5.71. The van der Waals surface area contributed by atoms with Crippen molar-refractivity contribution in [3.05, 3.63) is 29.3 Å². The van der Waals surface area contributed by atoms with E-state index in [4.69, 9.17) is 10.5 Å². The molecule has 0 aliphatic heterocycles. The molecule has 0 aromatic carbocycles. The van der Waals surface area contributed by atoms with E-state index >= 15 is 0 Å². The molecule has 0 saturated carbocycles. The molecule has 2 N–H and O–H groups in total. The summed E-state index contributed by atoms with van der Waals surface area (Å²) in [5.74, 6) is 1.26. The number of tetrazole rings is 1. The monoisotopic (exact) mass is 248 g/mol. The van der Waals surface area contributed by atoms with Gasteiger partial charge in [0.25, 0.3) is 0 Å². The van der Waals surface area contributed by atoms with Gasteiger partial charge in [-0.05, 0) is 30.8 Å². The van der Waals surface area contributed by atoms with Crippen LogP contribution in [-0.4, -0.2) is 31.7 Å². The number of aryl methyl sites for hydroxylation is 2. The number of hydrogen-bond donors (Lipinski definition) is 1. The Morgan fingerprint density at radius 3 is 2.89 bits per heavy atom. The van der Waals surface area contributed by atoms with E-state index in [1.54, 1.807) is 7.05 Å². The van der Waals surface area contributed by atoms with Gasteiger partial charge in [0.15, 0.2) is 6.61 Å². The fourth-order valence-electron chi connectivity index (χ4n) is 1.57. The van der Waals surface area contributed by atoms with E-state index in [2.05, 4.69) is 20.4 Å². The molecule has 0 saturated heterocycles. The van der Waals surface area contributed by atoms with E-state index < -0.39 is 0 Å². The van der Waals surface area contributed by atoms with Crippen molar-refractivity contribution < 1.29 is 4.74 Å². The van der Waals surface area contributed by atoms with Crippen LogP contribution in [0.4, 0.5) is 0 Å². The van der Waals surface area contributed by atoms with E-state index in [-0.39, 0.29) is 6.61 Å². The molecule has 0 unspecified atom stereocenters. The first-order chi connectivity index (χ1) is 8.69. The molecule has 7 heteroatoms. The lowest BCUT2D eigenvalue weighted by molar-refractivity contribution is 0.290. The Labute approximate surface area is 105 Å². The Morgan fingerprint density at radius 2 is 2.22 bits per heavy atom. The van der Waals surface area contributed by atoms with Crippen molar-refractivity contribution >= 4 is 0 Å². The van der Waals surface area contributed by atoms with E-state index in [9.17, 15) is 0 Å². The predicted molar refractivity (Wildman–Crippen MR) is 64.9 cm³/mol. The Bertz CT molecular complexity index is 524. The first-order valence-electron chi connectivity index (χ1n) is 5.71. The molecular weight excluding hydrogens is 232 g/mol. The minimum Gasteiger partial charge on any atom is -0.484 e. The van der Waals surface area contributed by atoms with Gasteiger partial charge < -0.3 is 10.5 Å². The molecule has 0 atom stereocenters. The third-order valence-corrected chi connectivity index (χ3v) is 2.36. The molecule has 18 heavy (non-hydrogen) atoms. The van der Waals surface area contributed by atoms with Crippen molar-refractivity contribution in [3.63, 3.8) is 0 Å². The SMILES string of the molecule is Cc1ccc(OCc2nnn(C)n2)c(CCN)n1. The van der Waals surface area contributed by atoms with E-state index in [1.807, 2.05) is 19.1 Å². The Balaban J connectivity index is 2.08. The highest BCUT2D eigenvalue weighted by atomic mass is 16.5. The summed E-state index contributed by atoms with van der Waals surface area (Å²) in [4.78, 5) is 5.81. The molecule has 2 aromatic rings. The average Bonchev–Trinajstić information content (AvgIpc) is 2.75. The van der Waals surface area contributed by atoms with Gasteiger partial charge in [0.2, 0.25) is 5.82 Å². The third-order valence-electron chi connectivity index (χ3n) is 2.36. The van der Waals surface area contributed by atoms with Crippen LogP contribution >= 0.6 is 0 Å². The topological polar surface area (TPSA) is 91.7 Å². The largest absolute Gasteiger partial charge is 0.484 e. The van der Waals surface area contributed by atoms with E-state index in [1.165, 1.54) is 4.80 Å². The lowest BCUT2D eigenvalue weighted by atomic mass is 10.2. The maximum atomic E-state index is 5.65. The van der Waals surface area contributed by atoms with Crippen molar-refractivity contribution in [3.8, 4) is 5.75 Å². The van der Waals surface area contributed by atoms with Crippen LogP contribution in [-0.2, 0) is 20.1 Å². The van der Waals surface area contributed by atoms with Gasteiger partial charge in [0.05, 0.1) is 12.7 Å². The zero-order chi connectivity index (χ0) is 13.0. The van der Waals surface area contributed by atoms with Crippen molar-refractivity contribution in [1.29, 1.82) is 0 Å². The molecule has 0 bridgehead atoms. The third kappa shape index (κ3) is 3.01. The summed E-state index contributed by atoms with van der Waals surface area (Å²) in [7, 11) is 1.71. The maximum Gasteiger partial charge on any atom is 0.212 e. The van der Waals surface area contributed by atoms with Crippen LogP contribution in [0, 0.1) is 6.92 Å². The summed E-state index contributed by atoms with van der Waals surface area (Å²) < 4.78 is 5.65. The van der Waals surface area contributed by atoms with Gasteiger partial charge in [-0.2, -0.15) is 4.80 Å². The summed E-state index contributed by atoms with van der Waals surface area (Å²) in [5, 5.41) is 11.6. The second-order valence-electron chi connectivity index (χ2n) is 3.92. The summed E-state index contributed by atoms with van der Waals surface area (Å²) in [6.07, 6.45) is 0.685. The normalized spacial score (nSPS) is 10.6. The molecule has 0 fully saturated rings. The van der Waals surface area contributed by atoms with Gasteiger partial charge in [0.1, 0.15) is 5.75 Å². The quantitative estimate of drug-likeness (QED) is 0.800. The summed E-state index contributed by atoms with van der Waals surface area (Å²) in [6, 6.07) is 3.79. The summed E-state index contributed by atoms with van der Waals surface area (Å²) in [5.41, 5.74) is 7.37. The van der Waals surface area contributed by atoms with Crippen molar-refractivity contribution in [2.45, 2.75) is 20.0 Å². The molecule has 0 radical (unpaired) electrons. The van der Waals surface area contributed by atoms with Crippen LogP contribution in [0.5, 0.6) is 5.75 Å². The molecule has 96 valence electrons. The van der Waals surface area contributed by atoms with Crippen LogP contribution in [0.25, 0.3) is 0 Å². The number of aromatic nitrogens is 5. The van der Waals surface area contributed by atoms with Gasteiger partial charge in [-0.3, -0.25) is 4.98 Å². The molecule has 2 aromatic heterocycles. The smallest absolute Gasteiger partial charge is 0.212 e. The van der Waals surface area contributed by atoms with Crippen LogP contribution in [0.2, 0.25) is 0 Å². The molecule has 0 amide bonds. The van der Waals surface area contributed by atoms with E-state index in [0.29, 0.717) is 18.8 Å². The predicted octanol–water partition coefficient (Wildman–Crippen LogP) is -0.00628. The lowest BCUT2D eigenvalue weighted by Crippen LogP contribution is -2.08. The Morgan fingerprint density at radius 1 is 1.39 bits per heavy atom. The van der Waals surface area contributed by atoms with Crippen molar-refractivity contribution in [2.24, 2.45) is 12.8 Å². The van der Waals surface area contributed by atoms with Crippen LogP contribution < -0.4 is 10.5 Å². The fraction of sp³-hybridized carbons (Fsp3) is 0.455. The highest BCUT2D eigenvalue weighted by Gasteiger charge is 2.07. The first kappa shape index (κ1) is 12.4. The highest BCUT2D eigenvalue weighted by molar-refractivity contribution is 5.29. The number of nitrogens with two attached hydrogens (primary N) is 1. The standard InChI is InChI=1S/C11H16N6O/c1-8-3-4-10(9(13-8)5-6-12)18-7-11-14-16-17(2)15-11/h3-4H,5-7,12H2,1-2H3. The molecule has 2 heterocycles. The molecule has 0 spiro atoms. The molecule has 7 nitrogen and oxygen atoms in total. The lowest BCUT2D eigenvalue weighted by Gasteiger charge is -2.09. The average molecular weight is 248 g/mol. The zero-order valence-electron chi connectivity index (χ0n) is 10.5. The highest BCUT2D eigenvalue weighted by Crippen LogP contribution is 2.18. The second kappa shape index (κ2) is 5.54. The number of nitrogens with zero attached hydrogens (tertiary/aromatic N) is 5. The van der Waals surface area contributed by atoms with Crippen LogP contribution in [0.3, 0.4) is 0 Å². The van der Waals surface area contributed by atoms with Crippen LogP contribution in [0.1, 0.15) is 17.2 Å². The summed E-state index contributed by atoms with van der Waals surface area (Å²) >= 11 is 0. The number of ether oxygens (including phenoxy) is 1. The Hall–Kier alpha value is -2.02. The van der Waals surface area contributed by atoms with Gasteiger partial charge in [-0.15, -0.1) is 10.2 Å². The van der Waals surface area contributed by atoms with Crippen LogP contribution in [0.15, 0.2) is 12.1 Å². The minimum absolute atomic E-state index is 0.274. The summed E-state index contributed by atoms with van der Waals surface area (Å²) in [6.45, 7) is 2.75. The molecular formula is C11H16N6O. The number of rotatable bonds is 5. The minimum atomic E-state index is 0.274. The van der Waals surface area contributed by atoms with Gasteiger partial charge >= 0.3 is 0 Å². The number of hydrogen-bond acceptors (Lipinski definition) is 6. The maximum absolute atomic E-state index is 5.65. The fourth-order valence-corrected chi connectivity index (χ4v) is 1.57. The van der Waals surface area contributed by atoms with Gasteiger partial charge in [0, 0.05) is 12.1 Å². The Kier molecular flexibility index (Phi) is 3.83. The van der Waals surface area contributed by atoms with Gasteiger partial charge in [-0.25, -0.2) is 0 Å². The zero-order valence-corrected chi connectivity index (χ0v) is 10.5. The number of pyridine rings is 1. The molecule has 0 aliphatic carbocycles. The molecule has 2 rings (SSSR count). The molecule has 0 aliphatic rings. The van der Waals surface area contributed by atoms with E-state index in [0.717, 1.165) is 17.1 Å².